The molecule has 28 rings (SSSR count). The van der Waals surface area contributed by atoms with Crippen molar-refractivity contribution < 1.29 is 28.8 Å². The van der Waals surface area contributed by atoms with Crippen LogP contribution in [0.25, 0.3) is 254 Å². The van der Waals surface area contributed by atoms with Crippen molar-refractivity contribution in [1.29, 1.82) is 0 Å². The Morgan fingerprint density at radius 1 is 0.198 bits per heavy atom. The van der Waals surface area contributed by atoms with Gasteiger partial charge in [-0.3, -0.25) is 53.9 Å². The van der Waals surface area contributed by atoms with Crippen LogP contribution in [0, 0.1) is 0 Å². The zero-order valence-electron chi connectivity index (χ0n) is 54.9. The number of carbonyl (C=O) groups excluding carboxylic acids is 6. The Morgan fingerprint density at radius 3 is 0.830 bits per heavy atom. The molecule has 0 aliphatic carbocycles. The molecule has 0 bridgehead atoms. The number of nitrogens with one attached hydrogen (secondary N) is 3. The van der Waals surface area contributed by atoms with E-state index in [9.17, 15) is 24.0 Å². The number of amides is 6. The lowest BCUT2D eigenvalue weighted by Crippen LogP contribution is -2.34. The van der Waals surface area contributed by atoms with Gasteiger partial charge in [-0.05, 0) is 266 Å². The molecule has 0 unspecified atom stereocenters. The summed E-state index contributed by atoms with van der Waals surface area (Å²) < 4.78 is 1.77. The number of para-hydroxylation sites is 2. The van der Waals surface area contributed by atoms with Crippen LogP contribution in [0.1, 0.15) is 62.1 Å². The van der Waals surface area contributed by atoms with Gasteiger partial charge < -0.3 is 0 Å². The molecular weight excluding hydrogens is 1310 g/mol. The van der Waals surface area contributed by atoms with E-state index in [1.807, 2.05) is 91.0 Å². The zero-order valence-corrected chi connectivity index (χ0v) is 54.9. The van der Waals surface area contributed by atoms with E-state index in [4.69, 9.17) is 4.98 Å². The maximum Gasteiger partial charge on any atom is 0.265 e. The van der Waals surface area contributed by atoms with E-state index in [-0.39, 0.29) is 5.56 Å². The highest BCUT2D eigenvalue weighted by atomic mass is 16.2. The molecule has 3 aliphatic heterocycles. The lowest BCUT2D eigenvalue weighted by molar-refractivity contribution is 0.0828. The van der Waals surface area contributed by atoms with Crippen LogP contribution < -0.4 is 21.5 Å². The molecule has 25 aromatic rings. The first-order chi connectivity index (χ1) is 52.0. The largest absolute Gasteiger partial charge is 0.288 e. The lowest BCUT2D eigenvalue weighted by Gasteiger charge is -2.26. The quantitative estimate of drug-likeness (QED) is 0.0827. The second-order valence-corrected chi connectivity index (χ2v) is 29.9. The highest BCUT2D eigenvalue weighted by molar-refractivity contribution is 6.52. The van der Waals surface area contributed by atoms with Crippen molar-refractivity contribution in [3.05, 3.63) is 250 Å². The van der Waals surface area contributed by atoms with E-state index in [1.165, 1.54) is 0 Å². The first-order valence-corrected chi connectivity index (χ1v) is 35.5. The molecule has 12 heteroatoms. The summed E-state index contributed by atoms with van der Waals surface area (Å²) in [6, 6.07) is 71.4. The van der Waals surface area contributed by atoms with Gasteiger partial charge in [0.15, 0.2) is 0 Å². The molecule has 0 fully saturated rings. The molecule has 5 heterocycles. The summed E-state index contributed by atoms with van der Waals surface area (Å²) in [6.07, 6.45) is 0. The number of rotatable bonds is 1. The number of benzene rings is 23. The van der Waals surface area contributed by atoms with Crippen LogP contribution in [0.4, 0.5) is 0 Å². The minimum atomic E-state index is -0.520. The van der Waals surface area contributed by atoms with Gasteiger partial charge in [0.25, 0.3) is 41.0 Å². The third-order valence-electron chi connectivity index (χ3n) is 25.6. The zero-order chi connectivity index (χ0) is 69.1. The molecule has 3 aliphatic rings. The number of imidazole rings is 1. The molecule has 0 spiro atoms. The normalized spacial score (nSPS) is 14.6. The van der Waals surface area contributed by atoms with Crippen LogP contribution in [0.3, 0.4) is 0 Å². The van der Waals surface area contributed by atoms with Gasteiger partial charge in [0.05, 0.1) is 16.4 Å². The van der Waals surface area contributed by atoms with Crippen LogP contribution >= 0.6 is 0 Å². The van der Waals surface area contributed by atoms with Crippen LogP contribution in [-0.2, 0) is 0 Å². The van der Waals surface area contributed by atoms with Gasteiger partial charge in [-0.2, -0.15) is 0 Å². The monoisotopic (exact) mass is 1350 g/mol. The SMILES string of the molecule is O=C1NC(=O)c2ccc3c4ccc5c6ccc7c8cc(-c9cc%10c%11c(ccc%12c%13ccc%14c%15ccc%16c%17ccc%18c%19c(ccc(c%20ccc(c%21ccc(c9c%11%12)c%13c%14%21)c%15c%16%20)c%19%17)C(=O)NC%18=O)C(=O)NC%10=O)c9c(=O)n%10c%11ccccc%11nc%10c%10ccc(c%11ccc(c%12ccc(c%13ccc1c2c%133)c4c%125)c6c%117)c8c9%10. The van der Waals surface area contributed by atoms with Gasteiger partial charge in [0.1, 0.15) is 5.65 Å². The number of imide groups is 3. The van der Waals surface area contributed by atoms with Gasteiger partial charge in [-0.25, -0.2) is 4.98 Å². The van der Waals surface area contributed by atoms with Crippen molar-refractivity contribution >= 4 is 278 Å². The topological polar surface area (TPSA) is 173 Å². The van der Waals surface area contributed by atoms with Crippen molar-refractivity contribution in [1.82, 2.24) is 25.3 Å². The highest BCUT2D eigenvalue weighted by Gasteiger charge is 2.36. The Morgan fingerprint density at radius 2 is 0.453 bits per heavy atom. The Kier molecular flexibility index (Phi) is 8.52. The van der Waals surface area contributed by atoms with Crippen molar-refractivity contribution in [3.8, 4) is 11.1 Å². The Balaban J connectivity index is 0.777. The molecule has 0 atom stereocenters. The summed E-state index contributed by atoms with van der Waals surface area (Å²) in [5, 5.41) is 48.2. The molecule has 0 radical (unpaired) electrons. The van der Waals surface area contributed by atoms with E-state index in [1.54, 1.807) is 4.40 Å². The molecule has 23 aromatic carbocycles. The van der Waals surface area contributed by atoms with Crippen LogP contribution in [0.15, 0.2) is 211 Å². The van der Waals surface area contributed by atoms with Crippen molar-refractivity contribution in [2.45, 2.75) is 0 Å². The van der Waals surface area contributed by atoms with Gasteiger partial charge in [-0.1, -0.05) is 146 Å². The molecule has 12 nitrogen and oxygen atoms in total. The number of carbonyl (C=O) groups is 6. The van der Waals surface area contributed by atoms with Crippen LogP contribution in [-0.4, -0.2) is 44.8 Å². The maximum absolute atomic E-state index is 16.7. The fourth-order valence-corrected chi connectivity index (χ4v) is 21.7. The summed E-state index contributed by atoms with van der Waals surface area (Å²) >= 11 is 0. The number of hydrogen-bond acceptors (Lipinski definition) is 8. The van der Waals surface area contributed by atoms with E-state index >= 15 is 9.59 Å². The second kappa shape index (κ2) is 17.0. The number of hydrogen-bond donors (Lipinski definition) is 3. The minimum absolute atomic E-state index is 0.244. The van der Waals surface area contributed by atoms with Gasteiger partial charge in [-0.15, -0.1) is 0 Å². The first kappa shape index (κ1) is 53.3. The number of pyridine rings is 1. The van der Waals surface area contributed by atoms with Gasteiger partial charge in [0, 0.05) is 60.3 Å². The van der Waals surface area contributed by atoms with Crippen LogP contribution in [0.2, 0.25) is 0 Å². The van der Waals surface area contributed by atoms with Crippen molar-refractivity contribution in [2.24, 2.45) is 0 Å². The third kappa shape index (κ3) is 5.56. The van der Waals surface area contributed by atoms with E-state index in [0.29, 0.717) is 82.7 Å². The number of nitrogens with zero attached hydrogens (tertiary/aromatic N) is 2. The number of aromatic nitrogens is 2. The number of fused-ring (bicyclic) bond motifs is 16. The van der Waals surface area contributed by atoms with Crippen molar-refractivity contribution in [3.63, 3.8) is 0 Å². The summed E-state index contributed by atoms with van der Waals surface area (Å²) in [5.74, 6) is -2.58. The fourth-order valence-electron chi connectivity index (χ4n) is 21.7. The van der Waals surface area contributed by atoms with E-state index in [2.05, 4.69) is 131 Å². The second-order valence-electron chi connectivity index (χ2n) is 29.9. The smallest absolute Gasteiger partial charge is 0.265 e. The summed E-state index contributed by atoms with van der Waals surface area (Å²) in [5.41, 5.74) is 5.66. The predicted octanol–water partition coefficient (Wildman–Crippen LogP) is 20.4. The molecule has 3 N–H and O–H groups in total. The summed E-state index contributed by atoms with van der Waals surface area (Å²) in [6.45, 7) is 0. The van der Waals surface area contributed by atoms with E-state index in [0.717, 1.165) is 205 Å². The van der Waals surface area contributed by atoms with Crippen LogP contribution in [0.5, 0.6) is 0 Å². The minimum Gasteiger partial charge on any atom is -0.288 e. The molecule has 0 saturated carbocycles. The average molecular weight is 1350 g/mol. The predicted molar refractivity (Wildman–Crippen MR) is 426 cm³/mol. The standard InChI is InChI=1S/C94H37N5O7/c100-88-58-28-21-48-40-9-5-35-37-13-14-46-52-20-27-57-85-79(52)63(55-18-17-44(73(37)77(46)55)36-6-10-41(71(40)69(35)36)49-22-29-59(89(101)96-88)81(58)75(48)49)33-65(86(85)94(106)99-68-4-2-1-3-67(68)95-87(57)99)64-34-66-83-62(92(104)98-93(66)105)32-25-54-53-16-15-45-38-7-11-42-50-23-30-60-82-61(91(103)97-90(60)102)31-24-51(76(50)82)43-12-8-39(70(38)72(42)43)47-19-26-56(78(53)74(45)47)80(64)84(54)83/h1-34H,(H,96,100,101)(H,97,102,103)(H,98,104,105). The average Bonchev–Trinajstić information content (AvgIpc) is 0.683. The molecule has 6 amide bonds. The summed E-state index contributed by atoms with van der Waals surface area (Å²) in [4.78, 5) is 105. The third-order valence-corrected chi connectivity index (χ3v) is 25.6. The lowest BCUT2D eigenvalue weighted by atomic mass is 9.78. The fraction of sp³-hybridized carbons (Fsp3) is 0. The molecule has 106 heavy (non-hydrogen) atoms. The molecular formula is C94H37N5O7. The van der Waals surface area contributed by atoms with Gasteiger partial charge >= 0.3 is 0 Å². The molecule has 2 aromatic heterocycles. The maximum atomic E-state index is 16.7. The first-order valence-electron chi connectivity index (χ1n) is 35.5. The Bertz CT molecular complexity index is 8790. The molecule has 0 saturated heterocycles. The molecule has 480 valence electrons. The van der Waals surface area contributed by atoms with E-state index < -0.39 is 35.4 Å². The Hall–Kier alpha value is -14.6. The Labute approximate surface area is 590 Å². The highest BCUT2D eigenvalue weighted by Crippen LogP contribution is 2.57. The van der Waals surface area contributed by atoms with Crippen molar-refractivity contribution in [2.75, 3.05) is 0 Å². The van der Waals surface area contributed by atoms with Gasteiger partial charge in [0.2, 0.25) is 0 Å². The summed E-state index contributed by atoms with van der Waals surface area (Å²) in [7, 11) is 0.